The number of nitro benzene ring substituents is 1. The molecule has 0 spiro atoms. The van der Waals surface area contributed by atoms with E-state index in [0.29, 0.717) is 12.6 Å². The van der Waals surface area contributed by atoms with E-state index < -0.39 is 4.92 Å². The topological polar surface area (TPSA) is 81.6 Å². The van der Waals surface area contributed by atoms with Crippen molar-refractivity contribution in [3.8, 4) is 0 Å². The maximum atomic E-state index is 10.9. The Hall–Kier alpha value is -1.66. The molecule has 0 radical (unpaired) electrons. The van der Waals surface area contributed by atoms with Gasteiger partial charge in [0.15, 0.2) is 0 Å². The van der Waals surface area contributed by atoms with Crippen LogP contribution in [-0.2, 0) is 11.3 Å². The highest BCUT2D eigenvalue weighted by Gasteiger charge is 2.19. The lowest BCUT2D eigenvalue weighted by Gasteiger charge is -2.23. The summed E-state index contributed by atoms with van der Waals surface area (Å²) >= 11 is 0. The number of benzene rings is 1. The molecule has 0 aliphatic carbocycles. The number of nitrogens with zero attached hydrogens (tertiary/aromatic N) is 2. The Bertz CT molecular complexity index is 473. The standard InChI is InChI=1S/C14H21N3O3/c1-2-16(10-12-4-3-7-20-12)9-11-5-6-13(15)14(8-11)17(18)19/h5-6,8,12H,2-4,7,9-10,15H2,1H3. The summed E-state index contributed by atoms with van der Waals surface area (Å²) in [6.45, 7) is 5.36. The van der Waals surface area contributed by atoms with Crippen molar-refractivity contribution in [1.29, 1.82) is 0 Å². The monoisotopic (exact) mass is 279 g/mol. The first-order valence-electron chi connectivity index (χ1n) is 6.97. The van der Waals surface area contributed by atoms with Gasteiger partial charge in [-0.25, -0.2) is 0 Å². The van der Waals surface area contributed by atoms with E-state index in [4.69, 9.17) is 10.5 Å². The van der Waals surface area contributed by atoms with Gasteiger partial charge in [0, 0.05) is 25.8 Å². The number of rotatable bonds is 6. The van der Waals surface area contributed by atoms with E-state index >= 15 is 0 Å². The molecule has 0 aromatic heterocycles. The van der Waals surface area contributed by atoms with Crippen LogP contribution in [0.2, 0.25) is 0 Å². The van der Waals surface area contributed by atoms with Gasteiger partial charge in [-0.2, -0.15) is 0 Å². The van der Waals surface area contributed by atoms with Gasteiger partial charge in [0.25, 0.3) is 5.69 Å². The Morgan fingerprint density at radius 3 is 2.95 bits per heavy atom. The maximum absolute atomic E-state index is 10.9. The van der Waals surface area contributed by atoms with Crippen molar-refractivity contribution in [2.24, 2.45) is 0 Å². The third-order valence-corrected chi connectivity index (χ3v) is 3.63. The summed E-state index contributed by atoms with van der Waals surface area (Å²) < 4.78 is 5.63. The van der Waals surface area contributed by atoms with Gasteiger partial charge in [-0.1, -0.05) is 13.0 Å². The van der Waals surface area contributed by atoms with E-state index in [0.717, 1.165) is 38.1 Å². The van der Waals surface area contributed by atoms with Crippen LogP contribution in [0.25, 0.3) is 0 Å². The van der Waals surface area contributed by atoms with Crippen LogP contribution in [0.1, 0.15) is 25.3 Å². The molecule has 1 heterocycles. The Labute approximate surface area is 118 Å². The molecule has 1 atom stereocenters. The molecule has 6 nitrogen and oxygen atoms in total. The summed E-state index contributed by atoms with van der Waals surface area (Å²) in [5.74, 6) is 0. The summed E-state index contributed by atoms with van der Waals surface area (Å²) in [7, 11) is 0. The van der Waals surface area contributed by atoms with E-state index in [9.17, 15) is 10.1 Å². The maximum Gasteiger partial charge on any atom is 0.292 e. The Balaban J connectivity index is 2.03. The second kappa shape index (κ2) is 6.67. The number of anilines is 1. The van der Waals surface area contributed by atoms with Crippen molar-refractivity contribution >= 4 is 11.4 Å². The van der Waals surface area contributed by atoms with E-state index in [1.165, 1.54) is 0 Å². The number of likely N-dealkylation sites (N-methyl/N-ethyl adjacent to an activating group) is 1. The first-order valence-corrected chi connectivity index (χ1v) is 6.97. The van der Waals surface area contributed by atoms with Crippen LogP contribution in [0.3, 0.4) is 0 Å². The zero-order valence-electron chi connectivity index (χ0n) is 11.7. The highest BCUT2D eigenvalue weighted by atomic mass is 16.6. The third kappa shape index (κ3) is 3.68. The molecule has 110 valence electrons. The fraction of sp³-hybridized carbons (Fsp3) is 0.571. The zero-order valence-corrected chi connectivity index (χ0v) is 11.7. The van der Waals surface area contributed by atoms with E-state index in [2.05, 4.69) is 11.8 Å². The lowest BCUT2D eigenvalue weighted by Crippen LogP contribution is -2.31. The van der Waals surface area contributed by atoms with Crippen molar-refractivity contribution in [3.05, 3.63) is 33.9 Å². The first kappa shape index (κ1) is 14.7. The average molecular weight is 279 g/mol. The normalized spacial score (nSPS) is 18.6. The van der Waals surface area contributed by atoms with Crippen LogP contribution in [-0.4, -0.2) is 35.6 Å². The molecule has 6 heteroatoms. The number of hydrogen-bond donors (Lipinski definition) is 1. The number of nitrogens with two attached hydrogens (primary N) is 1. The van der Waals surface area contributed by atoms with Crippen molar-refractivity contribution in [1.82, 2.24) is 4.90 Å². The van der Waals surface area contributed by atoms with Gasteiger partial charge >= 0.3 is 0 Å². The predicted molar refractivity (Wildman–Crippen MR) is 77.4 cm³/mol. The Kier molecular flexibility index (Phi) is 4.92. The second-order valence-corrected chi connectivity index (χ2v) is 5.11. The molecular formula is C14H21N3O3. The molecule has 1 aromatic rings. The van der Waals surface area contributed by atoms with Crippen molar-refractivity contribution in [3.63, 3.8) is 0 Å². The van der Waals surface area contributed by atoms with Gasteiger partial charge in [-0.3, -0.25) is 15.0 Å². The van der Waals surface area contributed by atoms with Crippen molar-refractivity contribution in [2.45, 2.75) is 32.4 Å². The minimum Gasteiger partial charge on any atom is -0.393 e. The van der Waals surface area contributed by atoms with E-state index in [1.807, 2.05) is 6.07 Å². The minimum absolute atomic E-state index is 0.0179. The molecule has 1 fully saturated rings. The summed E-state index contributed by atoms with van der Waals surface area (Å²) in [5.41, 5.74) is 6.71. The molecule has 0 bridgehead atoms. The van der Waals surface area contributed by atoms with Crippen LogP contribution in [0.4, 0.5) is 11.4 Å². The summed E-state index contributed by atoms with van der Waals surface area (Å²) in [6, 6.07) is 5.02. The molecular weight excluding hydrogens is 258 g/mol. The second-order valence-electron chi connectivity index (χ2n) is 5.11. The van der Waals surface area contributed by atoms with E-state index in [-0.39, 0.29) is 11.4 Å². The molecule has 2 rings (SSSR count). The first-order chi connectivity index (χ1) is 9.60. The predicted octanol–water partition coefficient (Wildman–Crippen LogP) is 2.18. The SMILES string of the molecule is CCN(Cc1ccc(N)c([N+](=O)[O-])c1)CC1CCCO1. The van der Waals surface area contributed by atoms with Crippen LogP contribution in [0.15, 0.2) is 18.2 Å². The smallest absolute Gasteiger partial charge is 0.292 e. The van der Waals surface area contributed by atoms with Gasteiger partial charge in [0.2, 0.25) is 0 Å². The van der Waals surface area contributed by atoms with Gasteiger partial charge in [0.05, 0.1) is 11.0 Å². The van der Waals surface area contributed by atoms with Gasteiger partial charge in [-0.05, 0) is 31.0 Å². The van der Waals surface area contributed by atoms with Gasteiger partial charge in [-0.15, -0.1) is 0 Å². The minimum atomic E-state index is -0.435. The molecule has 1 unspecified atom stereocenters. The van der Waals surface area contributed by atoms with Crippen LogP contribution < -0.4 is 5.73 Å². The highest BCUT2D eigenvalue weighted by molar-refractivity contribution is 5.59. The molecule has 0 saturated carbocycles. The fourth-order valence-corrected chi connectivity index (χ4v) is 2.49. The number of nitrogen functional groups attached to an aromatic ring is 1. The Morgan fingerprint density at radius 1 is 1.55 bits per heavy atom. The summed E-state index contributed by atoms with van der Waals surface area (Å²) in [4.78, 5) is 12.7. The highest BCUT2D eigenvalue weighted by Crippen LogP contribution is 2.23. The lowest BCUT2D eigenvalue weighted by molar-refractivity contribution is -0.384. The number of ether oxygens (including phenoxy) is 1. The van der Waals surface area contributed by atoms with Crippen LogP contribution in [0.5, 0.6) is 0 Å². The summed E-state index contributed by atoms with van der Waals surface area (Å²) in [6.07, 6.45) is 2.51. The molecule has 2 N–H and O–H groups in total. The summed E-state index contributed by atoms with van der Waals surface area (Å²) in [5, 5.41) is 10.9. The van der Waals surface area contributed by atoms with Crippen LogP contribution >= 0.6 is 0 Å². The molecule has 0 amide bonds. The quantitative estimate of drug-likeness (QED) is 0.490. The average Bonchev–Trinajstić information content (AvgIpc) is 2.92. The number of hydrogen-bond acceptors (Lipinski definition) is 5. The zero-order chi connectivity index (χ0) is 14.5. The molecule has 1 aliphatic heterocycles. The fourth-order valence-electron chi connectivity index (χ4n) is 2.49. The largest absolute Gasteiger partial charge is 0.393 e. The molecule has 1 aliphatic rings. The third-order valence-electron chi connectivity index (χ3n) is 3.63. The molecule has 1 saturated heterocycles. The molecule has 20 heavy (non-hydrogen) atoms. The van der Waals surface area contributed by atoms with Crippen molar-refractivity contribution < 1.29 is 9.66 Å². The van der Waals surface area contributed by atoms with Gasteiger partial charge in [0.1, 0.15) is 5.69 Å². The van der Waals surface area contributed by atoms with Crippen molar-refractivity contribution in [2.75, 3.05) is 25.4 Å². The van der Waals surface area contributed by atoms with Crippen LogP contribution in [0, 0.1) is 10.1 Å². The van der Waals surface area contributed by atoms with Gasteiger partial charge < -0.3 is 10.5 Å². The van der Waals surface area contributed by atoms with E-state index in [1.54, 1.807) is 12.1 Å². The lowest BCUT2D eigenvalue weighted by atomic mass is 10.1. The Morgan fingerprint density at radius 2 is 2.35 bits per heavy atom. The number of nitro groups is 1. The molecule has 1 aromatic carbocycles.